The number of hydrogen-bond acceptors (Lipinski definition) is 3. The van der Waals surface area contributed by atoms with E-state index in [1.165, 1.54) is 0 Å². The standard InChI is InChI=1S/C10H15NO2/c1-7-4-5-8(13-7)9(12)10(2,3)6-11/h4-5H,6,11H2,1-3H3. The fourth-order valence-corrected chi connectivity index (χ4v) is 0.983. The van der Waals surface area contributed by atoms with Gasteiger partial charge < -0.3 is 10.2 Å². The van der Waals surface area contributed by atoms with Crippen LogP contribution in [0.25, 0.3) is 0 Å². The normalized spacial score (nSPS) is 11.7. The predicted octanol–water partition coefficient (Wildman–Crippen LogP) is 1.76. The van der Waals surface area contributed by atoms with E-state index < -0.39 is 5.41 Å². The summed E-state index contributed by atoms with van der Waals surface area (Å²) in [7, 11) is 0. The Labute approximate surface area is 77.9 Å². The molecule has 0 bridgehead atoms. The summed E-state index contributed by atoms with van der Waals surface area (Å²) in [5, 5.41) is 0. The van der Waals surface area contributed by atoms with Crippen LogP contribution in [0.15, 0.2) is 16.5 Å². The minimum atomic E-state index is -0.537. The molecule has 0 amide bonds. The second kappa shape index (κ2) is 3.34. The molecule has 1 rings (SSSR count). The molecule has 3 heteroatoms. The fourth-order valence-electron chi connectivity index (χ4n) is 0.983. The van der Waals surface area contributed by atoms with Crippen LogP contribution in [0, 0.1) is 12.3 Å². The van der Waals surface area contributed by atoms with Gasteiger partial charge in [-0.05, 0) is 19.1 Å². The molecule has 72 valence electrons. The number of rotatable bonds is 3. The molecule has 0 spiro atoms. The number of aryl methyl sites for hydroxylation is 1. The van der Waals surface area contributed by atoms with Gasteiger partial charge in [0.2, 0.25) is 5.78 Å². The zero-order valence-corrected chi connectivity index (χ0v) is 8.26. The summed E-state index contributed by atoms with van der Waals surface area (Å²) in [6, 6.07) is 3.47. The van der Waals surface area contributed by atoms with Gasteiger partial charge >= 0.3 is 0 Å². The lowest BCUT2D eigenvalue weighted by molar-refractivity contribution is 0.0816. The average molecular weight is 181 g/mol. The van der Waals surface area contributed by atoms with Gasteiger partial charge in [0.1, 0.15) is 5.76 Å². The van der Waals surface area contributed by atoms with Crippen LogP contribution in [-0.2, 0) is 0 Å². The maximum Gasteiger partial charge on any atom is 0.204 e. The first-order valence-electron chi connectivity index (χ1n) is 4.28. The van der Waals surface area contributed by atoms with Crippen molar-refractivity contribution in [3.63, 3.8) is 0 Å². The zero-order valence-electron chi connectivity index (χ0n) is 8.26. The number of carbonyl (C=O) groups excluding carboxylic acids is 1. The number of hydrogen-bond donors (Lipinski definition) is 1. The molecule has 0 saturated heterocycles. The molecule has 0 aliphatic heterocycles. The van der Waals surface area contributed by atoms with Crippen LogP contribution in [-0.4, -0.2) is 12.3 Å². The van der Waals surface area contributed by atoms with E-state index in [1.54, 1.807) is 12.1 Å². The predicted molar refractivity (Wildman–Crippen MR) is 50.6 cm³/mol. The van der Waals surface area contributed by atoms with Gasteiger partial charge in [-0.1, -0.05) is 13.8 Å². The van der Waals surface area contributed by atoms with Crippen molar-refractivity contribution in [3.05, 3.63) is 23.7 Å². The zero-order chi connectivity index (χ0) is 10.1. The molecule has 2 N–H and O–H groups in total. The second-order valence-corrected chi connectivity index (χ2v) is 3.83. The topological polar surface area (TPSA) is 56.2 Å². The summed E-state index contributed by atoms with van der Waals surface area (Å²) in [6.45, 7) is 5.76. The second-order valence-electron chi connectivity index (χ2n) is 3.83. The molecular weight excluding hydrogens is 166 g/mol. The Morgan fingerprint density at radius 2 is 2.15 bits per heavy atom. The summed E-state index contributed by atoms with van der Waals surface area (Å²) in [5.74, 6) is 1.10. The lowest BCUT2D eigenvalue weighted by Gasteiger charge is -2.18. The quantitative estimate of drug-likeness (QED) is 0.723. The Morgan fingerprint density at radius 3 is 2.54 bits per heavy atom. The Balaban J connectivity index is 2.91. The van der Waals surface area contributed by atoms with Crippen molar-refractivity contribution < 1.29 is 9.21 Å². The van der Waals surface area contributed by atoms with E-state index >= 15 is 0 Å². The van der Waals surface area contributed by atoms with Crippen molar-refractivity contribution in [2.75, 3.05) is 6.54 Å². The molecule has 0 saturated carbocycles. The van der Waals surface area contributed by atoms with E-state index in [0.29, 0.717) is 12.3 Å². The van der Waals surface area contributed by atoms with Gasteiger partial charge in [-0.25, -0.2) is 0 Å². The highest BCUT2D eigenvalue weighted by Gasteiger charge is 2.29. The molecule has 0 aromatic carbocycles. The van der Waals surface area contributed by atoms with Crippen molar-refractivity contribution in [2.45, 2.75) is 20.8 Å². The number of furan rings is 1. The van der Waals surface area contributed by atoms with Crippen LogP contribution >= 0.6 is 0 Å². The molecule has 13 heavy (non-hydrogen) atoms. The summed E-state index contributed by atoms with van der Waals surface area (Å²) >= 11 is 0. The van der Waals surface area contributed by atoms with Crippen LogP contribution in [0.2, 0.25) is 0 Å². The van der Waals surface area contributed by atoms with E-state index in [-0.39, 0.29) is 5.78 Å². The summed E-state index contributed by atoms with van der Waals surface area (Å²) in [4.78, 5) is 11.7. The minimum Gasteiger partial charge on any atom is -0.458 e. The number of carbonyl (C=O) groups is 1. The molecule has 0 aliphatic carbocycles. The molecule has 1 heterocycles. The van der Waals surface area contributed by atoms with E-state index in [0.717, 1.165) is 5.76 Å². The molecule has 0 aliphatic rings. The maximum absolute atomic E-state index is 11.7. The highest BCUT2D eigenvalue weighted by molar-refractivity contribution is 5.97. The monoisotopic (exact) mass is 181 g/mol. The first-order valence-corrected chi connectivity index (χ1v) is 4.28. The molecule has 0 atom stereocenters. The SMILES string of the molecule is Cc1ccc(C(=O)C(C)(C)CN)o1. The lowest BCUT2D eigenvalue weighted by Crippen LogP contribution is -2.32. The highest BCUT2D eigenvalue weighted by Crippen LogP contribution is 2.21. The molecular formula is C10H15NO2. The van der Waals surface area contributed by atoms with E-state index in [9.17, 15) is 4.79 Å². The van der Waals surface area contributed by atoms with Crippen molar-refractivity contribution in [2.24, 2.45) is 11.1 Å². The smallest absolute Gasteiger partial charge is 0.204 e. The third kappa shape index (κ3) is 1.98. The maximum atomic E-state index is 11.7. The van der Waals surface area contributed by atoms with Gasteiger partial charge in [0, 0.05) is 12.0 Å². The van der Waals surface area contributed by atoms with Crippen molar-refractivity contribution >= 4 is 5.78 Å². The number of nitrogens with two attached hydrogens (primary N) is 1. The Kier molecular flexibility index (Phi) is 2.57. The third-order valence-electron chi connectivity index (χ3n) is 2.09. The average Bonchev–Trinajstić information content (AvgIpc) is 2.50. The molecule has 3 nitrogen and oxygen atoms in total. The number of ketones is 1. The van der Waals surface area contributed by atoms with Crippen LogP contribution in [0.1, 0.15) is 30.2 Å². The summed E-state index contributed by atoms with van der Waals surface area (Å²) in [5.41, 5.74) is 4.95. The summed E-state index contributed by atoms with van der Waals surface area (Å²) < 4.78 is 5.23. The minimum absolute atomic E-state index is 0.0388. The Bertz CT molecular complexity index is 312. The Hall–Kier alpha value is -1.09. The van der Waals surface area contributed by atoms with Crippen molar-refractivity contribution in [1.29, 1.82) is 0 Å². The third-order valence-corrected chi connectivity index (χ3v) is 2.09. The summed E-state index contributed by atoms with van der Waals surface area (Å²) in [6.07, 6.45) is 0. The van der Waals surface area contributed by atoms with Crippen LogP contribution < -0.4 is 5.73 Å². The van der Waals surface area contributed by atoms with Gasteiger partial charge in [-0.15, -0.1) is 0 Å². The van der Waals surface area contributed by atoms with Gasteiger partial charge in [0.25, 0.3) is 0 Å². The van der Waals surface area contributed by atoms with E-state index in [2.05, 4.69) is 0 Å². The lowest BCUT2D eigenvalue weighted by atomic mass is 9.87. The van der Waals surface area contributed by atoms with Gasteiger partial charge in [-0.2, -0.15) is 0 Å². The number of Topliss-reactive ketones (excluding diaryl/α,β-unsaturated/α-hetero) is 1. The van der Waals surface area contributed by atoms with Gasteiger partial charge in [0.05, 0.1) is 0 Å². The van der Waals surface area contributed by atoms with Crippen LogP contribution in [0.5, 0.6) is 0 Å². The van der Waals surface area contributed by atoms with Crippen LogP contribution in [0.3, 0.4) is 0 Å². The Morgan fingerprint density at radius 1 is 1.54 bits per heavy atom. The molecule has 1 aromatic heterocycles. The first-order chi connectivity index (χ1) is 5.97. The molecule has 0 fully saturated rings. The first kappa shape index (κ1) is 9.99. The highest BCUT2D eigenvalue weighted by atomic mass is 16.3. The van der Waals surface area contributed by atoms with Crippen molar-refractivity contribution in [3.8, 4) is 0 Å². The molecule has 0 radical (unpaired) electrons. The molecule has 0 unspecified atom stereocenters. The molecule has 1 aromatic rings. The van der Waals surface area contributed by atoms with Gasteiger partial charge in [0.15, 0.2) is 5.76 Å². The van der Waals surface area contributed by atoms with Gasteiger partial charge in [-0.3, -0.25) is 4.79 Å². The fraction of sp³-hybridized carbons (Fsp3) is 0.500. The van der Waals surface area contributed by atoms with Crippen molar-refractivity contribution in [1.82, 2.24) is 0 Å². The van der Waals surface area contributed by atoms with E-state index in [4.69, 9.17) is 10.2 Å². The van der Waals surface area contributed by atoms with E-state index in [1.807, 2.05) is 20.8 Å². The largest absolute Gasteiger partial charge is 0.458 e. The van der Waals surface area contributed by atoms with Crippen LogP contribution in [0.4, 0.5) is 0 Å².